The van der Waals surface area contributed by atoms with Gasteiger partial charge in [-0.3, -0.25) is 4.68 Å². The molecule has 24 heavy (non-hydrogen) atoms. The molecule has 0 saturated carbocycles. The van der Waals surface area contributed by atoms with Gasteiger partial charge in [0, 0.05) is 18.9 Å². The molecule has 9 heteroatoms. The van der Waals surface area contributed by atoms with Crippen LogP contribution in [-0.4, -0.2) is 24.7 Å². The third-order valence-corrected chi connectivity index (χ3v) is 5.60. The second-order valence-electron chi connectivity index (χ2n) is 4.96. The van der Waals surface area contributed by atoms with E-state index in [1.165, 1.54) is 11.3 Å². The van der Waals surface area contributed by atoms with E-state index in [2.05, 4.69) is 9.82 Å². The Hall–Kier alpha value is -2.10. The first kappa shape index (κ1) is 16.7. The van der Waals surface area contributed by atoms with E-state index < -0.39 is 32.6 Å². The van der Waals surface area contributed by atoms with Gasteiger partial charge < -0.3 is 0 Å². The van der Waals surface area contributed by atoms with Gasteiger partial charge in [0.05, 0.1) is 6.04 Å². The number of aromatic nitrogens is 2. The number of halogens is 2. The summed E-state index contributed by atoms with van der Waals surface area (Å²) in [5.41, 5.74) is 0.848. The third-order valence-electron chi connectivity index (χ3n) is 3.43. The smallest absolute Gasteiger partial charge is 0.246 e. The van der Waals surface area contributed by atoms with Crippen LogP contribution in [0, 0.1) is 11.6 Å². The van der Waals surface area contributed by atoms with E-state index in [4.69, 9.17) is 0 Å². The SMILES string of the molecule is O=S(=O)(NC[C@@H](c1ccsc1)n1cccn1)c1c(F)cccc1F. The van der Waals surface area contributed by atoms with Crippen molar-refractivity contribution in [2.75, 3.05) is 6.54 Å². The molecule has 0 bridgehead atoms. The molecule has 0 fully saturated rings. The number of nitrogens with zero attached hydrogens (tertiary/aromatic N) is 2. The Balaban J connectivity index is 1.87. The number of benzene rings is 1. The lowest BCUT2D eigenvalue weighted by Crippen LogP contribution is -2.32. The molecule has 1 N–H and O–H groups in total. The molecule has 0 spiro atoms. The van der Waals surface area contributed by atoms with E-state index in [-0.39, 0.29) is 6.54 Å². The van der Waals surface area contributed by atoms with Crippen LogP contribution in [0.2, 0.25) is 0 Å². The number of sulfonamides is 1. The maximum Gasteiger partial charge on any atom is 0.246 e. The Kier molecular flexibility index (Phi) is 4.74. The van der Waals surface area contributed by atoms with Crippen LogP contribution < -0.4 is 4.72 Å². The van der Waals surface area contributed by atoms with Crippen molar-refractivity contribution < 1.29 is 17.2 Å². The topological polar surface area (TPSA) is 64.0 Å². The number of hydrogen-bond acceptors (Lipinski definition) is 4. The lowest BCUT2D eigenvalue weighted by Gasteiger charge is -2.18. The van der Waals surface area contributed by atoms with Gasteiger partial charge in [0.2, 0.25) is 10.0 Å². The van der Waals surface area contributed by atoms with Gasteiger partial charge in [-0.15, -0.1) is 0 Å². The standard InChI is InChI=1S/C15H13F2N3O2S2/c16-12-3-1-4-13(17)15(12)24(21,22)19-9-14(11-5-8-23-10-11)20-7-2-6-18-20/h1-8,10,14,19H,9H2/t14-/m0/s1. The number of hydrogen-bond donors (Lipinski definition) is 1. The zero-order chi connectivity index (χ0) is 17.2. The maximum absolute atomic E-state index is 13.7. The summed E-state index contributed by atoms with van der Waals surface area (Å²) in [4.78, 5) is -0.977. The number of thiophene rings is 1. The van der Waals surface area contributed by atoms with E-state index in [1.807, 2.05) is 16.8 Å². The summed E-state index contributed by atoms with van der Waals surface area (Å²) in [5.74, 6) is -2.26. The Morgan fingerprint density at radius 2 is 1.96 bits per heavy atom. The molecule has 3 rings (SSSR count). The molecule has 0 radical (unpaired) electrons. The Morgan fingerprint density at radius 1 is 1.21 bits per heavy atom. The van der Waals surface area contributed by atoms with Gasteiger partial charge in [0.15, 0.2) is 4.90 Å². The van der Waals surface area contributed by atoms with Gasteiger partial charge in [-0.25, -0.2) is 21.9 Å². The summed E-state index contributed by atoms with van der Waals surface area (Å²) in [5, 5.41) is 7.84. The second-order valence-corrected chi connectivity index (χ2v) is 7.45. The summed E-state index contributed by atoms with van der Waals surface area (Å²) < 4.78 is 55.9. The van der Waals surface area contributed by atoms with Gasteiger partial charge >= 0.3 is 0 Å². The summed E-state index contributed by atoms with van der Waals surface area (Å²) in [6.07, 6.45) is 3.27. The zero-order valence-electron chi connectivity index (χ0n) is 12.3. The Labute approximate surface area is 141 Å². The fraction of sp³-hybridized carbons (Fsp3) is 0.133. The minimum atomic E-state index is -4.34. The van der Waals surface area contributed by atoms with Crippen molar-refractivity contribution >= 4 is 21.4 Å². The van der Waals surface area contributed by atoms with Crippen molar-refractivity contribution in [2.45, 2.75) is 10.9 Å². The molecule has 3 aromatic rings. The lowest BCUT2D eigenvalue weighted by molar-refractivity contribution is 0.492. The highest BCUT2D eigenvalue weighted by atomic mass is 32.2. The monoisotopic (exact) mass is 369 g/mol. The highest BCUT2D eigenvalue weighted by molar-refractivity contribution is 7.89. The molecule has 126 valence electrons. The Bertz CT molecular complexity index is 856. The molecule has 0 saturated heterocycles. The normalized spacial score (nSPS) is 13.1. The van der Waals surface area contributed by atoms with Crippen molar-refractivity contribution in [3.05, 3.63) is 70.7 Å². The van der Waals surface area contributed by atoms with Crippen molar-refractivity contribution in [3.8, 4) is 0 Å². The minimum absolute atomic E-state index is 0.0888. The molecule has 2 heterocycles. The predicted molar refractivity (Wildman–Crippen MR) is 86.2 cm³/mol. The first-order chi connectivity index (χ1) is 11.5. The predicted octanol–water partition coefficient (Wildman–Crippen LogP) is 2.79. The molecule has 2 aromatic heterocycles. The van der Waals surface area contributed by atoms with Crippen LogP contribution in [0.25, 0.3) is 0 Å². The molecular weight excluding hydrogens is 356 g/mol. The van der Waals surface area contributed by atoms with E-state index in [9.17, 15) is 17.2 Å². The quantitative estimate of drug-likeness (QED) is 0.727. The van der Waals surface area contributed by atoms with Gasteiger partial charge in [0.1, 0.15) is 11.6 Å². The van der Waals surface area contributed by atoms with Gasteiger partial charge in [-0.1, -0.05) is 6.07 Å². The van der Waals surface area contributed by atoms with Crippen LogP contribution >= 0.6 is 11.3 Å². The highest BCUT2D eigenvalue weighted by Gasteiger charge is 2.25. The van der Waals surface area contributed by atoms with Crippen molar-refractivity contribution in [1.29, 1.82) is 0 Å². The van der Waals surface area contributed by atoms with E-state index in [1.54, 1.807) is 23.1 Å². The average molecular weight is 369 g/mol. The maximum atomic E-state index is 13.7. The molecule has 0 aliphatic carbocycles. The summed E-state index contributed by atoms with van der Waals surface area (Å²) in [6.45, 7) is -0.0888. The fourth-order valence-corrected chi connectivity index (χ4v) is 4.17. The number of rotatable bonds is 6. The molecule has 1 aromatic carbocycles. The molecule has 1 atom stereocenters. The van der Waals surface area contributed by atoms with Gasteiger partial charge in [0.25, 0.3) is 0 Å². The third kappa shape index (κ3) is 3.37. The molecule has 5 nitrogen and oxygen atoms in total. The lowest BCUT2D eigenvalue weighted by atomic mass is 10.1. The first-order valence-corrected chi connectivity index (χ1v) is 9.36. The second kappa shape index (κ2) is 6.80. The fourth-order valence-electron chi connectivity index (χ4n) is 2.29. The van der Waals surface area contributed by atoms with E-state index in [0.717, 1.165) is 23.8 Å². The zero-order valence-corrected chi connectivity index (χ0v) is 13.9. The van der Waals surface area contributed by atoms with Crippen molar-refractivity contribution in [1.82, 2.24) is 14.5 Å². The number of nitrogens with one attached hydrogen (secondary N) is 1. The molecule has 0 unspecified atom stereocenters. The van der Waals surface area contributed by atoms with E-state index in [0.29, 0.717) is 0 Å². The average Bonchev–Trinajstić information content (AvgIpc) is 3.20. The molecule has 0 amide bonds. The van der Waals surface area contributed by atoms with Crippen LogP contribution in [0.4, 0.5) is 8.78 Å². The summed E-state index contributed by atoms with van der Waals surface area (Å²) in [6, 6.07) is 6.06. The molecule has 0 aliphatic rings. The largest absolute Gasteiger partial charge is 0.264 e. The molecular formula is C15H13F2N3O2S2. The Morgan fingerprint density at radius 3 is 2.54 bits per heavy atom. The molecule has 0 aliphatic heterocycles. The van der Waals surface area contributed by atoms with Crippen molar-refractivity contribution in [3.63, 3.8) is 0 Å². The summed E-state index contributed by atoms with van der Waals surface area (Å²) >= 11 is 1.46. The van der Waals surface area contributed by atoms with Gasteiger partial charge in [-0.05, 0) is 40.6 Å². The van der Waals surface area contributed by atoms with Gasteiger partial charge in [-0.2, -0.15) is 16.4 Å². The van der Waals surface area contributed by atoms with Crippen LogP contribution in [0.15, 0.2) is 58.4 Å². The minimum Gasteiger partial charge on any atom is -0.264 e. The van der Waals surface area contributed by atoms with Crippen LogP contribution in [0.1, 0.15) is 11.6 Å². The van der Waals surface area contributed by atoms with Crippen LogP contribution in [-0.2, 0) is 10.0 Å². The van der Waals surface area contributed by atoms with Crippen LogP contribution in [0.3, 0.4) is 0 Å². The highest BCUT2D eigenvalue weighted by Crippen LogP contribution is 2.22. The van der Waals surface area contributed by atoms with Crippen LogP contribution in [0.5, 0.6) is 0 Å². The van der Waals surface area contributed by atoms with Crippen molar-refractivity contribution in [2.24, 2.45) is 0 Å². The van der Waals surface area contributed by atoms with E-state index >= 15 is 0 Å². The summed E-state index contributed by atoms with van der Waals surface area (Å²) in [7, 11) is -4.34. The first-order valence-electron chi connectivity index (χ1n) is 6.94.